The van der Waals surface area contributed by atoms with E-state index in [9.17, 15) is 19.0 Å². The Labute approximate surface area is 165 Å². The summed E-state index contributed by atoms with van der Waals surface area (Å²) in [5.74, 6) is 0.318. The lowest BCUT2D eigenvalue weighted by Gasteiger charge is -2.36. The van der Waals surface area contributed by atoms with E-state index in [4.69, 9.17) is 10.5 Å². The number of hydrogen-bond donors (Lipinski definition) is 3. The van der Waals surface area contributed by atoms with Crippen LogP contribution in [-0.2, 0) is 10.3 Å². The normalized spacial score (nSPS) is 26.9. The standard InChI is InChI=1S/C19H21F2N5O3/c1-18(27)8-13(26-6-4-11-15(22)24-9-25-16(11)26)29-17(18)19(2,28)10-3-5-23-12(7-10)14(20)21/h3-7,9,13-14,17,27-28H,8H2,1-2H3,(H2,22,24,25)/t13-,17+,18+,19+/m1/s1. The van der Waals surface area contributed by atoms with Gasteiger partial charge in [-0.05, 0) is 37.6 Å². The zero-order valence-corrected chi connectivity index (χ0v) is 15.8. The van der Waals surface area contributed by atoms with E-state index in [-0.39, 0.29) is 12.0 Å². The van der Waals surface area contributed by atoms with Gasteiger partial charge in [0, 0.05) is 18.8 Å². The largest absolute Gasteiger partial charge is 0.387 e. The number of rotatable bonds is 4. The Morgan fingerprint density at radius 1 is 1.34 bits per heavy atom. The number of halogens is 2. The van der Waals surface area contributed by atoms with Gasteiger partial charge in [-0.2, -0.15) is 0 Å². The molecule has 0 aromatic carbocycles. The van der Waals surface area contributed by atoms with Crippen molar-refractivity contribution in [3.05, 3.63) is 48.2 Å². The third-order valence-corrected chi connectivity index (χ3v) is 5.40. The van der Waals surface area contributed by atoms with E-state index in [2.05, 4.69) is 15.0 Å². The van der Waals surface area contributed by atoms with Crippen molar-refractivity contribution in [2.75, 3.05) is 5.73 Å². The van der Waals surface area contributed by atoms with Gasteiger partial charge >= 0.3 is 0 Å². The number of aliphatic hydroxyl groups is 2. The van der Waals surface area contributed by atoms with E-state index in [1.54, 1.807) is 16.8 Å². The van der Waals surface area contributed by atoms with E-state index in [1.165, 1.54) is 32.4 Å². The molecule has 4 heterocycles. The number of nitrogens with two attached hydrogens (primary N) is 1. The van der Waals surface area contributed by atoms with E-state index in [0.29, 0.717) is 16.9 Å². The molecule has 1 fully saturated rings. The monoisotopic (exact) mass is 405 g/mol. The van der Waals surface area contributed by atoms with Crippen LogP contribution in [0.15, 0.2) is 36.9 Å². The Morgan fingerprint density at radius 3 is 2.83 bits per heavy atom. The minimum absolute atomic E-state index is 0.147. The fourth-order valence-electron chi connectivity index (χ4n) is 3.97. The van der Waals surface area contributed by atoms with Crippen LogP contribution >= 0.6 is 0 Å². The molecule has 4 rings (SSSR count). The minimum Gasteiger partial charge on any atom is -0.387 e. The van der Waals surface area contributed by atoms with Crippen molar-refractivity contribution >= 4 is 16.9 Å². The Balaban J connectivity index is 1.70. The van der Waals surface area contributed by atoms with Crippen molar-refractivity contribution in [2.45, 2.75) is 50.2 Å². The summed E-state index contributed by atoms with van der Waals surface area (Å²) in [4.78, 5) is 11.8. The molecule has 0 amide bonds. The second-order valence-corrected chi connectivity index (χ2v) is 7.67. The first-order valence-corrected chi connectivity index (χ1v) is 9.03. The molecular weight excluding hydrogens is 384 g/mol. The number of nitrogen functional groups attached to an aromatic ring is 1. The number of fused-ring (bicyclic) bond motifs is 1. The zero-order chi connectivity index (χ0) is 21.0. The number of nitrogens with zero attached hydrogens (tertiary/aromatic N) is 4. The van der Waals surface area contributed by atoms with Crippen LogP contribution in [0.1, 0.15) is 44.2 Å². The maximum Gasteiger partial charge on any atom is 0.280 e. The number of ether oxygens (including phenoxy) is 1. The fourth-order valence-corrected chi connectivity index (χ4v) is 3.97. The summed E-state index contributed by atoms with van der Waals surface area (Å²) in [6, 6.07) is 4.29. The molecule has 10 heteroatoms. The third-order valence-electron chi connectivity index (χ3n) is 5.40. The second-order valence-electron chi connectivity index (χ2n) is 7.67. The average molecular weight is 405 g/mol. The maximum absolute atomic E-state index is 13.0. The van der Waals surface area contributed by atoms with Crippen LogP contribution < -0.4 is 5.73 Å². The molecule has 29 heavy (non-hydrogen) atoms. The van der Waals surface area contributed by atoms with Crippen LogP contribution in [0.25, 0.3) is 11.0 Å². The highest BCUT2D eigenvalue weighted by Crippen LogP contribution is 2.45. The number of hydrogen-bond acceptors (Lipinski definition) is 7. The van der Waals surface area contributed by atoms with Crippen molar-refractivity contribution in [3.63, 3.8) is 0 Å². The zero-order valence-electron chi connectivity index (χ0n) is 15.8. The van der Waals surface area contributed by atoms with Crippen molar-refractivity contribution in [2.24, 2.45) is 0 Å². The summed E-state index contributed by atoms with van der Waals surface area (Å²) < 4.78 is 33.8. The van der Waals surface area contributed by atoms with Crippen LogP contribution in [0, 0.1) is 0 Å². The van der Waals surface area contributed by atoms with Gasteiger partial charge in [0.2, 0.25) is 0 Å². The molecule has 8 nitrogen and oxygen atoms in total. The summed E-state index contributed by atoms with van der Waals surface area (Å²) in [5, 5.41) is 22.8. The van der Waals surface area contributed by atoms with E-state index >= 15 is 0 Å². The molecule has 0 saturated carbocycles. The molecule has 3 aromatic heterocycles. The van der Waals surface area contributed by atoms with Crippen molar-refractivity contribution in [3.8, 4) is 0 Å². The Hall–Kier alpha value is -2.69. The van der Waals surface area contributed by atoms with Gasteiger partial charge in [-0.25, -0.2) is 18.7 Å². The smallest absolute Gasteiger partial charge is 0.280 e. The van der Waals surface area contributed by atoms with E-state index < -0.39 is 35.7 Å². The lowest BCUT2D eigenvalue weighted by molar-refractivity contribution is -0.159. The Bertz CT molecular complexity index is 1050. The molecule has 154 valence electrons. The van der Waals surface area contributed by atoms with Gasteiger partial charge in [-0.15, -0.1) is 0 Å². The summed E-state index contributed by atoms with van der Waals surface area (Å²) >= 11 is 0. The maximum atomic E-state index is 13.0. The second kappa shape index (κ2) is 6.68. The van der Waals surface area contributed by atoms with Gasteiger partial charge in [0.15, 0.2) is 0 Å². The van der Waals surface area contributed by atoms with Gasteiger partial charge in [-0.3, -0.25) is 4.98 Å². The third kappa shape index (κ3) is 3.22. The van der Waals surface area contributed by atoms with Gasteiger partial charge in [0.25, 0.3) is 6.43 Å². The van der Waals surface area contributed by atoms with Crippen molar-refractivity contribution in [1.82, 2.24) is 19.5 Å². The quantitative estimate of drug-likeness (QED) is 0.609. The molecule has 0 spiro atoms. The lowest BCUT2D eigenvalue weighted by atomic mass is 9.81. The molecular formula is C19H21F2N5O3. The van der Waals surface area contributed by atoms with Gasteiger partial charge in [0.1, 0.15) is 41.4 Å². The molecule has 1 saturated heterocycles. The van der Waals surface area contributed by atoms with Gasteiger partial charge in [-0.1, -0.05) is 0 Å². The van der Waals surface area contributed by atoms with E-state index in [0.717, 1.165) is 6.07 Å². The number of anilines is 1. The minimum atomic E-state index is -2.78. The molecule has 4 N–H and O–H groups in total. The van der Waals surface area contributed by atoms with Gasteiger partial charge in [0.05, 0.1) is 11.0 Å². The lowest BCUT2D eigenvalue weighted by Crippen LogP contribution is -2.49. The topological polar surface area (TPSA) is 119 Å². The highest BCUT2D eigenvalue weighted by Gasteiger charge is 2.54. The number of alkyl halides is 2. The number of pyridine rings is 1. The average Bonchev–Trinajstić information content (AvgIpc) is 3.23. The SMILES string of the molecule is C[C@]1(O)C[C@H](n2ccc3c(N)ncnc32)O[C@@H]1[C@@](C)(O)c1ccnc(C(F)F)c1. The predicted octanol–water partition coefficient (Wildman–Crippen LogP) is 2.29. The number of aromatic nitrogens is 4. The molecule has 4 atom stereocenters. The molecule has 0 unspecified atom stereocenters. The summed E-state index contributed by atoms with van der Waals surface area (Å²) in [7, 11) is 0. The summed E-state index contributed by atoms with van der Waals surface area (Å²) in [5.41, 5.74) is 2.93. The van der Waals surface area contributed by atoms with Crippen molar-refractivity contribution in [1.29, 1.82) is 0 Å². The first kappa shape index (κ1) is 19.6. The molecule has 0 bridgehead atoms. The van der Waals surface area contributed by atoms with Crippen LogP contribution in [0.2, 0.25) is 0 Å². The van der Waals surface area contributed by atoms with Crippen LogP contribution in [0.5, 0.6) is 0 Å². The molecule has 1 aliphatic rings. The highest BCUT2D eigenvalue weighted by atomic mass is 19.3. The summed E-state index contributed by atoms with van der Waals surface area (Å²) in [6.45, 7) is 2.96. The molecule has 1 aliphatic heterocycles. The molecule has 0 aliphatic carbocycles. The van der Waals surface area contributed by atoms with E-state index in [1.807, 2.05) is 0 Å². The summed E-state index contributed by atoms with van der Waals surface area (Å²) in [6.07, 6.45) is -0.124. The first-order valence-electron chi connectivity index (χ1n) is 9.03. The van der Waals surface area contributed by atoms with Crippen LogP contribution in [-0.4, -0.2) is 41.4 Å². The Kier molecular flexibility index (Phi) is 4.52. The van der Waals surface area contributed by atoms with Crippen molar-refractivity contribution < 1.29 is 23.7 Å². The highest BCUT2D eigenvalue weighted by molar-refractivity contribution is 5.86. The van der Waals surface area contributed by atoms with Crippen LogP contribution in [0.3, 0.4) is 0 Å². The molecule has 3 aromatic rings. The van der Waals surface area contributed by atoms with Gasteiger partial charge < -0.3 is 25.3 Å². The predicted molar refractivity (Wildman–Crippen MR) is 99.9 cm³/mol. The first-order chi connectivity index (χ1) is 13.6. The Morgan fingerprint density at radius 2 is 2.10 bits per heavy atom. The van der Waals surface area contributed by atoms with Crippen LogP contribution in [0.4, 0.5) is 14.6 Å². The molecule has 0 radical (unpaired) electrons. The fraction of sp³-hybridized carbons (Fsp3) is 0.421.